The fourth-order valence-corrected chi connectivity index (χ4v) is 4.82. The van der Waals surface area contributed by atoms with E-state index in [9.17, 15) is 4.79 Å². The summed E-state index contributed by atoms with van der Waals surface area (Å²) >= 11 is 0. The standard InChI is InChI=1S/C20H25NO2/c1-12-3-6-17-16(11-23-19(17)7-12)10-20(22)21-13(2)18-9-14-4-5-15(18)8-14/h3,6-7,11,13-15,18H,4-5,8-10H2,1-2H3,(H,21,22)/t13-,14+,15+,18+/m1/s1. The first-order valence-electron chi connectivity index (χ1n) is 8.86. The maximum atomic E-state index is 12.4. The molecule has 4 atom stereocenters. The first-order chi connectivity index (χ1) is 11.1. The fourth-order valence-electron chi connectivity index (χ4n) is 4.82. The molecule has 1 aromatic heterocycles. The SMILES string of the molecule is Cc1ccc2c(CC(=O)N[C@H](C)[C@@H]3C[C@H]4CC[C@H]3C4)coc2c1. The van der Waals surface area contributed by atoms with E-state index >= 15 is 0 Å². The summed E-state index contributed by atoms with van der Waals surface area (Å²) in [5.74, 6) is 2.56. The maximum Gasteiger partial charge on any atom is 0.224 e. The van der Waals surface area contributed by atoms with Crippen LogP contribution in [0.2, 0.25) is 0 Å². The zero-order chi connectivity index (χ0) is 16.0. The van der Waals surface area contributed by atoms with Crippen molar-refractivity contribution in [2.75, 3.05) is 0 Å². The number of rotatable bonds is 4. The minimum atomic E-state index is 0.114. The Morgan fingerprint density at radius 2 is 2.22 bits per heavy atom. The third-order valence-electron chi connectivity index (χ3n) is 5.99. The van der Waals surface area contributed by atoms with Gasteiger partial charge in [0.1, 0.15) is 5.58 Å². The number of aryl methyl sites for hydroxylation is 1. The molecule has 23 heavy (non-hydrogen) atoms. The molecule has 2 aromatic rings. The first kappa shape index (κ1) is 14.8. The zero-order valence-corrected chi connectivity index (χ0v) is 14.0. The van der Waals surface area contributed by atoms with Crippen LogP contribution in [0.25, 0.3) is 11.0 Å². The van der Waals surface area contributed by atoms with Crippen LogP contribution in [0.15, 0.2) is 28.9 Å². The van der Waals surface area contributed by atoms with Crippen molar-refractivity contribution >= 4 is 16.9 Å². The molecule has 0 aliphatic heterocycles. The molecule has 0 spiro atoms. The number of hydrogen-bond donors (Lipinski definition) is 1. The van der Waals surface area contributed by atoms with Gasteiger partial charge in [0, 0.05) is 17.0 Å². The molecule has 1 amide bonds. The highest BCUT2D eigenvalue weighted by molar-refractivity contribution is 5.88. The van der Waals surface area contributed by atoms with Crippen LogP contribution in [0.1, 0.15) is 43.7 Å². The predicted octanol–water partition coefficient (Wildman–Crippen LogP) is 4.22. The molecule has 2 aliphatic carbocycles. The molecule has 122 valence electrons. The van der Waals surface area contributed by atoms with E-state index in [0.29, 0.717) is 18.4 Å². The Hall–Kier alpha value is -1.77. The summed E-state index contributed by atoms with van der Waals surface area (Å²) in [6, 6.07) is 6.43. The van der Waals surface area contributed by atoms with Crippen LogP contribution in [0.4, 0.5) is 0 Å². The Labute approximate surface area is 137 Å². The lowest BCUT2D eigenvalue weighted by Gasteiger charge is -2.28. The second-order valence-electron chi connectivity index (χ2n) is 7.63. The van der Waals surface area contributed by atoms with Gasteiger partial charge in [-0.1, -0.05) is 18.6 Å². The highest BCUT2D eigenvalue weighted by Crippen LogP contribution is 2.49. The molecule has 4 rings (SSSR count). The minimum absolute atomic E-state index is 0.114. The summed E-state index contributed by atoms with van der Waals surface area (Å²) in [5.41, 5.74) is 3.03. The Kier molecular flexibility index (Phi) is 3.67. The monoisotopic (exact) mass is 311 g/mol. The van der Waals surface area contributed by atoms with Crippen molar-refractivity contribution in [2.45, 2.75) is 52.0 Å². The maximum absolute atomic E-state index is 12.4. The minimum Gasteiger partial charge on any atom is -0.464 e. The van der Waals surface area contributed by atoms with Gasteiger partial charge in [0.05, 0.1) is 12.7 Å². The average molecular weight is 311 g/mol. The Morgan fingerprint density at radius 3 is 2.96 bits per heavy atom. The summed E-state index contributed by atoms with van der Waals surface area (Å²) in [5, 5.41) is 4.29. The number of fused-ring (bicyclic) bond motifs is 3. The van der Waals surface area contributed by atoms with Crippen molar-refractivity contribution in [3.8, 4) is 0 Å². The van der Waals surface area contributed by atoms with Crippen LogP contribution in [0.3, 0.4) is 0 Å². The Balaban J connectivity index is 1.41. The van der Waals surface area contributed by atoms with Gasteiger partial charge >= 0.3 is 0 Å². The molecule has 1 aromatic carbocycles. The average Bonchev–Trinajstić information content (AvgIpc) is 3.22. The van der Waals surface area contributed by atoms with E-state index in [4.69, 9.17) is 4.42 Å². The number of amides is 1. The normalized spacial score (nSPS) is 27.5. The summed E-state index contributed by atoms with van der Waals surface area (Å²) in [6.07, 6.45) is 7.59. The van der Waals surface area contributed by atoms with E-state index in [-0.39, 0.29) is 5.91 Å². The van der Waals surface area contributed by atoms with Crippen LogP contribution in [-0.4, -0.2) is 11.9 Å². The van der Waals surface area contributed by atoms with Gasteiger partial charge in [-0.05, 0) is 62.5 Å². The second kappa shape index (κ2) is 5.70. The number of nitrogens with one attached hydrogen (secondary N) is 1. The highest BCUT2D eigenvalue weighted by atomic mass is 16.3. The molecule has 2 aliphatic rings. The summed E-state index contributed by atoms with van der Waals surface area (Å²) in [6.45, 7) is 4.23. The third kappa shape index (κ3) is 2.77. The van der Waals surface area contributed by atoms with Gasteiger partial charge in [-0.2, -0.15) is 0 Å². The van der Waals surface area contributed by atoms with Crippen molar-refractivity contribution < 1.29 is 9.21 Å². The Bertz CT molecular complexity index is 732. The predicted molar refractivity (Wildman–Crippen MR) is 91.2 cm³/mol. The quantitative estimate of drug-likeness (QED) is 0.918. The lowest BCUT2D eigenvalue weighted by molar-refractivity contribution is -0.121. The number of carbonyl (C=O) groups excluding carboxylic acids is 1. The zero-order valence-electron chi connectivity index (χ0n) is 14.0. The molecule has 2 bridgehead atoms. The molecule has 3 heteroatoms. The smallest absolute Gasteiger partial charge is 0.224 e. The lowest BCUT2D eigenvalue weighted by Crippen LogP contribution is -2.40. The lowest BCUT2D eigenvalue weighted by atomic mass is 9.84. The molecule has 3 nitrogen and oxygen atoms in total. The molecular weight excluding hydrogens is 286 g/mol. The van der Waals surface area contributed by atoms with E-state index in [1.807, 2.05) is 13.0 Å². The van der Waals surface area contributed by atoms with Crippen LogP contribution >= 0.6 is 0 Å². The van der Waals surface area contributed by atoms with E-state index in [1.54, 1.807) is 6.26 Å². The van der Waals surface area contributed by atoms with Gasteiger partial charge in [0.25, 0.3) is 0 Å². The second-order valence-corrected chi connectivity index (χ2v) is 7.63. The van der Waals surface area contributed by atoms with Crippen molar-refractivity contribution in [3.05, 3.63) is 35.6 Å². The summed E-state index contributed by atoms with van der Waals surface area (Å²) in [4.78, 5) is 12.4. The van der Waals surface area contributed by atoms with Crippen LogP contribution in [0.5, 0.6) is 0 Å². The number of furan rings is 1. The van der Waals surface area contributed by atoms with E-state index < -0.39 is 0 Å². The van der Waals surface area contributed by atoms with E-state index in [0.717, 1.165) is 28.4 Å². The topological polar surface area (TPSA) is 42.2 Å². The van der Waals surface area contributed by atoms with Gasteiger partial charge in [-0.3, -0.25) is 4.79 Å². The first-order valence-corrected chi connectivity index (χ1v) is 8.86. The van der Waals surface area contributed by atoms with Gasteiger partial charge in [0.2, 0.25) is 5.91 Å². The number of hydrogen-bond acceptors (Lipinski definition) is 2. The van der Waals surface area contributed by atoms with Crippen molar-refractivity contribution in [1.29, 1.82) is 0 Å². The van der Waals surface area contributed by atoms with Crippen LogP contribution < -0.4 is 5.32 Å². The Morgan fingerprint density at radius 1 is 1.35 bits per heavy atom. The third-order valence-corrected chi connectivity index (χ3v) is 5.99. The molecular formula is C20H25NO2. The van der Waals surface area contributed by atoms with Crippen molar-refractivity contribution in [3.63, 3.8) is 0 Å². The highest BCUT2D eigenvalue weighted by Gasteiger charge is 2.42. The molecule has 0 saturated heterocycles. The van der Waals surface area contributed by atoms with Crippen LogP contribution in [0, 0.1) is 24.7 Å². The largest absolute Gasteiger partial charge is 0.464 e. The van der Waals surface area contributed by atoms with E-state index in [2.05, 4.69) is 24.4 Å². The molecule has 0 radical (unpaired) electrons. The van der Waals surface area contributed by atoms with Crippen molar-refractivity contribution in [1.82, 2.24) is 5.32 Å². The number of benzene rings is 1. The van der Waals surface area contributed by atoms with Crippen LogP contribution in [-0.2, 0) is 11.2 Å². The summed E-state index contributed by atoms with van der Waals surface area (Å²) < 4.78 is 5.60. The number of carbonyl (C=O) groups is 1. The molecule has 1 heterocycles. The van der Waals surface area contributed by atoms with Crippen molar-refractivity contribution in [2.24, 2.45) is 17.8 Å². The fraction of sp³-hybridized carbons (Fsp3) is 0.550. The van der Waals surface area contributed by atoms with Gasteiger partial charge in [0.15, 0.2) is 0 Å². The molecule has 2 saturated carbocycles. The molecule has 0 unspecified atom stereocenters. The van der Waals surface area contributed by atoms with E-state index in [1.165, 1.54) is 31.2 Å². The van der Waals surface area contributed by atoms with Gasteiger partial charge in [-0.15, -0.1) is 0 Å². The van der Waals surface area contributed by atoms with Gasteiger partial charge < -0.3 is 9.73 Å². The molecule has 1 N–H and O–H groups in total. The summed E-state index contributed by atoms with van der Waals surface area (Å²) in [7, 11) is 0. The molecule has 2 fully saturated rings. The van der Waals surface area contributed by atoms with Gasteiger partial charge in [-0.25, -0.2) is 0 Å².